The highest BCUT2D eigenvalue weighted by atomic mass is 28.3. The van der Waals surface area contributed by atoms with Crippen molar-refractivity contribution in [3.63, 3.8) is 0 Å². The van der Waals surface area contributed by atoms with E-state index in [1.807, 2.05) is 20.8 Å². The van der Waals surface area contributed by atoms with Gasteiger partial charge in [0.1, 0.15) is 0 Å². The fourth-order valence-electron chi connectivity index (χ4n) is 6.18. The quantitative estimate of drug-likeness (QED) is 0.524. The molecule has 0 spiro atoms. The molecule has 1 aromatic rings. The molecule has 1 saturated carbocycles. The number of carbonyl (C=O) groups is 2. The summed E-state index contributed by atoms with van der Waals surface area (Å²) in [5.41, 5.74) is 4.20. The molecule has 1 fully saturated rings. The number of nitrogens with zero attached hydrogens (tertiary/aromatic N) is 1. The third kappa shape index (κ3) is 4.16. The number of benzene rings is 1. The van der Waals surface area contributed by atoms with Crippen LogP contribution in [0.15, 0.2) is 0 Å². The summed E-state index contributed by atoms with van der Waals surface area (Å²) in [7, 11) is -1.94. The average Bonchev–Trinajstić information content (AvgIpc) is 2.71. The van der Waals surface area contributed by atoms with Gasteiger partial charge in [-0.05, 0) is 75.3 Å². The smallest absolute Gasteiger partial charge is 0.339 e. The summed E-state index contributed by atoms with van der Waals surface area (Å²) in [5.74, 6) is -0.449. The van der Waals surface area contributed by atoms with Gasteiger partial charge in [-0.2, -0.15) is 0 Å². The maximum absolute atomic E-state index is 13.8. The molecule has 0 bridgehead atoms. The van der Waals surface area contributed by atoms with Crippen LogP contribution in [0.1, 0.15) is 86.8 Å². The number of aliphatic hydroxyl groups excluding tert-OH is 1. The number of carbonyl (C=O) groups excluding carboxylic acids is 2. The summed E-state index contributed by atoms with van der Waals surface area (Å²) in [5, 5.41) is 12.2. The second kappa shape index (κ2) is 8.94. The van der Waals surface area contributed by atoms with Gasteiger partial charge in [0.2, 0.25) is 5.91 Å². The fourth-order valence-corrected chi connectivity index (χ4v) is 8.58. The van der Waals surface area contributed by atoms with Crippen LogP contribution in [0, 0.1) is 13.8 Å². The largest absolute Gasteiger partial charge is 0.464 e. The van der Waals surface area contributed by atoms with Crippen molar-refractivity contribution in [1.82, 2.24) is 4.90 Å². The SMILES string of the molecule is CCOC(=O)[C@@H](O)c1c(C)c2c(c(C)c1[Si](C)(C)C)CN(C1CCCCC1)C(=O)C2(C)C. The summed E-state index contributed by atoms with van der Waals surface area (Å²) in [6.45, 7) is 17.5. The molecule has 3 rings (SSSR count). The Hall–Kier alpha value is -1.66. The Morgan fingerprint density at radius 2 is 1.75 bits per heavy atom. The first-order chi connectivity index (χ1) is 14.8. The van der Waals surface area contributed by atoms with Gasteiger partial charge in [0.25, 0.3) is 0 Å². The van der Waals surface area contributed by atoms with Crippen LogP contribution in [-0.2, 0) is 26.3 Å². The zero-order chi connectivity index (χ0) is 24.0. The van der Waals surface area contributed by atoms with E-state index < -0.39 is 25.6 Å². The number of ether oxygens (including phenoxy) is 1. The van der Waals surface area contributed by atoms with E-state index >= 15 is 0 Å². The molecule has 1 aromatic carbocycles. The highest BCUT2D eigenvalue weighted by Crippen LogP contribution is 2.43. The molecule has 1 aliphatic heterocycles. The van der Waals surface area contributed by atoms with E-state index in [-0.39, 0.29) is 12.5 Å². The minimum Gasteiger partial charge on any atom is -0.464 e. The molecule has 32 heavy (non-hydrogen) atoms. The highest BCUT2D eigenvalue weighted by Gasteiger charge is 2.46. The summed E-state index contributed by atoms with van der Waals surface area (Å²) in [6.07, 6.45) is 4.45. The zero-order valence-corrected chi connectivity index (χ0v) is 22.2. The first kappa shape index (κ1) is 25.0. The minimum absolute atomic E-state index is 0.164. The molecule has 5 nitrogen and oxygen atoms in total. The van der Waals surface area contributed by atoms with Gasteiger partial charge in [-0.3, -0.25) is 4.79 Å². The topological polar surface area (TPSA) is 66.8 Å². The fraction of sp³-hybridized carbons (Fsp3) is 0.692. The van der Waals surface area contributed by atoms with Crippen molar-refractivity contribution in [2.45, 2.75) is 110 Å². The van der Waals surface area contributed by atoms with E-state index in [0.29, 0.717) is 18.2 Å². The van der Waals surface area contributed by atoms with Crippen LogP contribution in [0.5, 0.6) is 0 Å². The first-order valence-electron chi connectivity index (χ1n) is 12.2. The van der Waals surface area contributed by atoms with E-state index in [9.17, 15) is 14.7 Å². The summed E-state index contributed by atoms with van der Waals surface area (Å²) < 4.78 is 5.19. The molecule has 1 aliphatic carbocycles. The van der Waals surface area contributed by atoms with E-state index in [1.54, 1.807) is 6.92 Å². The number of hydrogen-bond acceptors (Lipinski definition) is 4. The minimum atomic E-state index is -1.94. The molecule has 6 heteroatoms. The van der Waals surface area contributed by atoms with Gasteiger partial charge in [0.05, 0.1) is 20.1 Å². The monoisotopic (exact) mass is 459 g/mol. The Bertz CT molecular complexity index is 910. The van der Waals surface area contributed by atoms with Crippen molar-refractivity contribution < 1.29 is 19.4 Å². The average molecular weight is 460 g/mol. The van der Waals surface area contributed by atoms with Crippen LogP contribution in [-0.4, -0.2) is 42.6 Å². The molecule has 1 N–H and O–H groups in total. The highest BCUT2D eigenvalue weighted by molar-refractivity contribution is 6.89. The summed E-state index contributed by atoms with van der Waals surface area (Å²) in [4.78, 5) is 28.5. The third-order valence-electron chi connectivity index (χ3n) is 7.48. The number of esters is 1. The van der Waals surface area contributed by atoms with Gasteiger partial charge in [0.15, 0.2) is 6.10 Å². The normalized spacial score (nSPS) is 20.2. The standard InChI is InChI=1S/C26H41NO4Si/c1-9-31-24(29)22(28)20-17(3)21-19(16(2)23(20)32(6,7)8)15-27(25(30)26(21,4)5)18-13-11-10-12-14-18/h18,22,28H,9-15H2,1-8H3/t22-/m0/s1. The molecule has 1 atom stereocenters. The Balaban J connectivity index is 2.26. The Morgan fingerprint density at radius 1 is 1.16 bits per heavy atom. The molecular formula is C26H41NO4Si. The summed E-state index contributed by atoms with van der Waals surface area (Å²) >= 11 is 0. The second-order valence-corrected chi connectivity index (χ2v) is 16.1. The lowest BCUT2D eigenvalue weighted by Gasteiger charge is -2.46. The van der Waals surface area contributed by atoms with Crippen molar-refractivity contribution in [1.29, 1.82) is 0 Å². The Morgan fingerprint density at radius 3 is 2.28 bits per heavy atom. The van der Waals surface area contributed by atoms with E-state index in [0.717, 1.165) is 34.7 Å². The van der Waals surface area contributed by atoms with Crippen molar-refractivity contribution in [3.05, 3.63) is 27.8 Å². The van der Waals surface area contributed by atoms with E-state index in [1.165, 1.54) is 24.8 Å². The Kier molecular flexibility index (Phi) is 6.97. The molecule has 0 radical (unpaired) electrons. The van der Waals surface area contributed by atoms with E-state index in [4.69, 9.17) is 4.74 Å². The first-order valence-corrected chi connectivity index (χ1v) is 15.7. The van der Waals surface area contributed by atoms with Crippen molar-refractivity contribution in [2.75, 3.05) is 6.61 Å². The van der Waals surface area contributed by atoms with Crippen LogP contribution >= 0.6 is 0 Å². The van der Waals surface area contributed by atoms with Gasteiger partial charge in [-0.15, -0.1) is 0 Å². The van der Waals surface area contributed by atoms with Crippen molar-refractivity contribution >= 4 is 25.1 Å². The molecule has 178 valence electrons. The van der Waals surface area contributed by atoms with Crippen molar-refractivity contribution in [2.24, 2.45) is 0 Å². The van der Waals surface area contributed by atoms with E-state index in [2.05, 4.69) is 31.5 Å². The third-order valence-corrected chi connectivity index (χ3v) is 9.62. The van der Waals surface area contributed by atoms with Gasteiger partial charge >= 0.3 is 5.97 Å². The molecule has 2 aliphatic rings. The summed E-state index contributed by atoms with van der Waals surface area (Å²) in [6, 6.07) is 0.309. The second-order valence-electron chi connectivity index (χ2n) is 11.1. The van der Waals surface area contributed by atoms with Crippen LogP contribution < -0.4 is 5.19 Å². The van der Waals surface area contributed by atoms with Crippen LogP contribution in [0.2, 0.25) is 19.6 Å². The zero-order valence-electron chi connectivity index (χ0n) is 21.2. The number of amides is 1. The Labute approximate surface area is 194 Å². The van der Waals surface area contributed by atoms with Gasteiger partial charge in [-0.25, -0.2) is 4.79 Å². The van der Waals surface area contributed by atoms with Gasteiger partial charge in [0, 0.05) is 12.6 Å². The molecule has 0 aromatic heterocycles. The lowest BCUT2D eigenvalue weighted by Crippen LogP contribution is -2.55. The lowest BCUT2D eigenvalue weighted by molar-refractivity contribution is -0.153. The molecule has 1 heterocycles. The maximum Gasteiger partial charge on any atom is 0.339 e. The predicted molar refractivity (Wildman–Crippen MR) is 131 cm³/mol. The number of fused-ring (bicyclic) bond motifs is 1. The van der Waals surface area contributed by atoms with Crippen molar-refractivity contribution in [3.8, 4) is 0 Å². The molecule has 0 unspecified atom stereocenters. The van der Waals surface area contributed by atoms with Gasteiger partial charge < -0.3 is 14.7 Å². The number of aliphatic hydroxyl groups is 1. The van der Waals surface area contributed by atoms with Crippen LogP contribution in [0.3, 0.4) is 0 Å². The number of rotatable bonds is 5. The molecule has 1 amide bonds. The van der Waals surface area contributed by atoms with Crippen LogP contribution in [0.25, 0.3) is 0 Å². The lowest BCUT2D eigenvalue weighted by atomic mass is 9.71. The molecule has 0 saturated heterocycles. The number of hydrogen-bond donors (Lipinski definition) is 1. The predicted octanol–water partition coefficient (Wildman–Crippen LogP) is 4.40. The maximum atomic E-state index is 13.8. The van der Waals surface area contributed by atoms with Crippen LogP contribution in [0.4, 0.5) is 0 Å². The molecular weight excluding hydrogens is 418 g/mol. The van der Waals surface area contributed by atoms with Gasteiger partial charge in [-0.1, -0.05) is 44.1 Å².